The van der Waals surface area contributed by atoms with Crippen molar-refractivity contribution < 1.29 is 42.9 Å². The number of nitrogens with one attached hydrogen (secondary N) is 1. The summed E-state index contributed by atoms with van der Waals surface area (Å²) in [6, 6.07) is 5.87. The van der Waals surface area contributed by atoms with Gasteiger partial charge in [0, 0.05) is 18.3 Å². The Hall–Kier alpha value is -4.33. The second-order valence-corrected chi connectivity index (χ2v) is 20.9. The minimum absolute atomic E-state index is 0.0290. The number of hydrogen-bond donors (Lipinski definition) is 1. The number of methoxy groups -OCH3 is 3. The number of amides is 4. The maximum atomic E-state index is 14.1. The van der Waals surface area contributed by atoms with Crippen LogP contribution in [-0.2, 0) is 32.0 Å². The number of carbonyl (C=O) groups excluding carboxylic acids is 4. The third-order valence-electron chi connectivity index (χ3n) is 8.82. The first kappa shape index (κ1) is 40.1. The normalized spacial score (nSPS) is 16.6. The van der Waals surface area contributed by atoms with Gasteiger partial charge in [-0.25, -0.2) is 14.6 Å². The molecule has 1 aromatic carbocycles. The van der Waals surface area contributed by atoms with Crippen LogP contribution < -0.4 is 24.4 Å². The van der Waals surface area contributed by atoms with Crippen molar-refractivity contribution in [3.05, 3.63) is 41.6 Å². The second kappa shape index (κ2) is 14.9. The number of ether oxygens (including phenoxy) is 5. The van der Waals surface area contributed by atoms with Crippen LogP contribution in [0, 0.1) is 5.92 Å². The Labute approximate surface area is 297 Å². The molecule has 14 heteroatoms. The number of imide groups is 1. The first-order valence-corrected chi connectivity index (χ1v) is 19.5. The molecule has 1 aromatic heterocycles. The summed E-state index contributed by atoms with van der Waals surface area (Å²) < 4.78 is 29.3. The zero-order chi connectivity index (χ0) is 38.0. The number of aromatic nitrogens is 1. The van der Waals surface area contributed by atoms with E-state index in [0.717, 1.165) is 4.90 Å². The number of hydrogen-bond acceptors (Lipinski definition) is 10. The van der Waals surface area contributed by atoms with Gasteiger partial charge in [0.2, 0.25) is 11.8 Å². The zero-order valence-corrected chi connectivity index (χ0v) is 33.0. The fraction of sp³-hybridized carbons (Fsp3) is 0.583. The predicted molar refractivity (Wildman–Crippen MR) is 192 cm³/mol. The van der Waals surface area contributed by atoms with Gasteiger partial charge in [-0.05, 0) is 70.7 Å². The monoisotopic (exact) mass is 714 g/mol. The van der Waals surface area contributed by atoms with E-state index in [4.69, 9.17) is 23.7 Å². The van der Waals surface area contributed by atoms with Crippen LogP contribution in [0.4, 0.5) is 15.4 Å². The van der Waals surface area contributed by atoms with E-state index in [2.05, 4.69) is 44.2 Å². The van der Waals surface area contributed by atoms with Gasteiger partial charge in [-0.2, -0.15) is 4.90 Å². The average Bonchev–Trinajstić information content (AvgIpc) is 2.98. The fourth-order valence-electron chi connectivity index (χ4n) is 5.40. The van der Waals surface area contributed by atoms with E-state index >= 15 is 0 Å². The molecule has 2 atom stereocenters. The Morgan fingerprint density at radius 1 is 0.860 bits per heavy atom. The maximum Gasteiger partial charge on any atom is 0.425 e. The summed E-state index contributed by atoms with van der Waals surface area (Å²) in [6.45, 7) is 20.6. The molecule has 1 saturated heterocycles. The molecule has 0 bridgehead atoms. The minimum Gasteiger partial charge on any atom is -0.496 e. The van der Waals surface area contributed by atoms with E-state index < -0.39 is 43.6 Å². The van der Waals surface area contributed by atoms with Crippen LogP contribution in [0.5, 0.6) is 17.2 Å². The molecule has 1 fully saturated rings. The molecule has 1 aliphatic rings. The Kier molecular flexibility index (Phi) is 11.9. The Bertz CT molecular complexity index is 1540. The molecule has 2 heterocycles. The molecule has 0 spiro atoms. The molecule has 276 valence electrons. The summed E-state index contributed by atoms with van der Waals surface area (Å²) in [5, 5.41) is 2.79. The minimum atomic E-state index is -2.52. The lowest BCUT2D eigenvalue weighted by atomic mass is 9.84. The van der Waals surface area contributed by atoms with E-state index in [9.17, 15) is 19.2 Å². The highest BCUT2D eigenvalue weighted by atomic mass is 28.3. The van der Waals surface area contributed by atoms with Crippen LogP contribution in [0.1, 0.15) is 73.4 Å². The molecular weight excluding hydrogens is 661 g/mol. The van der Waals surface area contributed by atoms with E-state index in [-0.39, 0.29) is 35.6 Å². The highest BCUT2D eigenvalue weighted by Gasteiger charge is 2.59. The predicted octanol–water partition coefficient (Wildman–Crippen LogP) is 6.48. The third kappa shape index (κ3) is 9.06. The first-order valence-electron chi connectivity index (χ1n) is 16.6. The van der Waals surface area contributed by atoms with Crippen LogP contribution in [0.2, 0.25) is 18.1 Å². The van der Waals surface area contributed by atoms with Gasteiger partial charge < -0.3 is 33.6 Å². The summed E-state index contributed by atoms with van der Waals surface area (Å²) in [6.07, 6.45) is -0.314. The molecular formula is C36H54N4O9Si. The second-order valence-electron chi connectivity index (χ2n) is 15.8. The summed E-state index contributed by atoms with van der Waals surface area (Å²) in [4.78, 5) is 59.7. The van der Waals surface area contributed by atoms with Gasteiger partial charge in [0.25, 0.3) is 0 Å². The molecule has 2 aromatic rings. The quantitative estimate of drug-likeness (QED) is 0.215. The van der Waals surface area contributed by atoms with Crippen LogP contribution in [0.15, 0.2) is 30.5 Å². The lowest BCUT2D eigenvalue weighted by molar-refractivity contribution is -0.155. The fourth-order valence-corrected chi connectivity index (χ4v) is 7.84. The van der Waals surface area contributed by atoms with Gasteiger partial charge in [0.05, 0.1) is 39.4 Å². The standard InChI is InChI=1S/C36H54N4O9Si/c1-34(2,3)48-32(43)39(33(44)49-35(4,5)6)28-18-22(15-16-37-28)17-24-29(40(31(24)42)50(13,14)36(7,8)9)30(41)38-21-25-26(46-11)19-23(45-10)20-27(25)47-12/h15-16,18-20,24,29H,17,21H2,1-14H3,(H,38,41)/t24-,29+/m1/s1. The molecule has 1 aliphatic heterocycles. The number of β-lactam (4-membered cyclic amide) rings is 1. The van der Waals surface area contributed by atoms with Crippen molar-refractivity contribution in [2.24, 2.45) is 5.92 Å². The smallest absolute Gasteiger partial charge is 0.425 e. The lowest BCUT2D eigenvalue weighted by Crippen LogP contribution is -2.76. The molecule has 0 aliphatic carbocycles. The van der Waals surface area contributed by atoms with Gasteiger partial charge in [0.15, 0.2) is 8.24 Å². The zero-order valence-electron chi connectivity index (χ0n) is 32.0. The molecule has 13 nitrogen and oxygen atoms in total. The van der Waals surface area contributed by atoms with Crippen molar-refractivity contribution >= 4 is 38.1 Å². The summed E-state index contributed by atoms with van der Waals surface area (Å²) >= 11 is 0. The van der Waals surface area contributed by atoms with Gasteiger partial charge in [0.1, 0.15) is 40.3 Å². The number of anilines is 1. The van der Waals surface area contributed by atoms with E-state index in [1.165, 1.54) is 33.6 Å². The maximum absolute atomic E-state index is 14.1. The van der Waals surface area contributed by atoms with Crippen molar-refractivity contribution in [1.82, 2.24) is 14.9 Å². The number of carbonyl (C=O) groups is 4. The van der Waals surface area contributed by atoms with E-state index in [0.29, 0.717) is 28.4 Å². The molecule has 50 heavy (non-hydrogen) atoms. The Morgan fingerprint density at radius 3 is 1.82 bits per heavy atom. The highest BCUT2D eigenvalue weighted by molar-refractivity contribution is 6.80. The summed E-state index contributed by atoms with van der Waals surface area (Å²) in [5.74, 6) is 0.301. The number of nitrogens with zero attached hydrogens (tertiary/aromatic N) is 3. The van der Waals surface area contributed by atoms with Crippen molar-refractivity contribution in [3.63, 3.8) is 0 Å². The average molecular weight is 715 g/mol. The van der Waals surface area contributed by atoms with Crippen LogP contribution >= 0.6 is 0 Å². The molecule has 4 amide bonds. The van der Waals surface area contributed by atoms with Gasteiger partial charge in [-0.3, -0.25) is 9.59 Å². The highest BCUT2D eigenvalue weighted by Crippen LogP contribution is 2.46. The SMILES string of the molecule is COc1cc(OC)c(CNC(=O)[C@@H]2[C@@H](Cc3ccnc(N(C(=O)OC(C)(C)C)C(=O)OC(C)(C)C)c3)C(=O)N2[Si](C)(C)C(C)(C)C)c(OC)c1. The largest absolute Gasteiger partial charge is 0.496 e. The molecule has 0 unspecified atom stereocenters. The van der Waals surface area contributed by atoms with E-state index in [1.807, 2.05) is 0 Å². The van der Waals surface area contributed by atoms with Gasteiger partial charge in [-0.1, -0.05) is 33.9 Å². The summed E-state index contributed by atoms with van der Waals surface area (Å²) in [5.41, 5.74) is -0.591. The van der Waals surface area contributed by atoms with Crippen molar-refractivity contribution in [2.75, 3.05) is 26.2 Å². The number of pyridine rings is 1. The van der Waals surface area contributed by atoms with Crippen molar-refractivity contribution in [2.45, 2.75) is 111 Å². The topological polar surface area (TPSA) is 146 Å². The van der Waals surface area contributed by atoms with Crippen LogP contribution in [0.25, 0.3) is 0 Å². The van der Waals surface area contributed by atoms with Gasteiger partial charge >= 0.3 is 12.2 Å². The van der Waals surface area contributed by atoms with Gasteiger partial charge in [-0.15, -0.1) is 0 Å². The Balaban J connectivity index is 2.00. The molecule has 1 N–H and O–H groups in total. The van der Waals surface area contributed by atoms with E-state index in [1.54, 1.807) is 64.3 Å². The summed E-state index contributed by atoms with van der Waals surface area (Å²) in [7, 11) is 2.07. The third-order valence-corrected chi connectivity index (χ3v) is 14.2. The Morgan fingerprint density at radius 2 is 1.38 bits per heavy atom. The molecule has 3 rings (SSSR count). The molecule has 0 saturated carbocycles. The van der Waals surface area contributed by atoms with Crippen molar-refractivity contribution in [3.8, 4) is 17.2 Å². The first-order chi connectivity index (χ1) is 23.0. The van der Waals surface area contributed by atoms with Crippen LogP contribution in [-0.4, -0.2) is 80.4 Å². The number of rotatable bonds is 10. The van der Waals surface area contributed by atoms with Crippen LogP contribution in [0.3, 0.4) is 0 Å². The number of benzene rings is 1. The van der Waals surface area contributed by atoms with Crippen molar-refractivity contribution in [1.29, 1.82) is 0 Å². The molecule has 0 radical (unpaired) electrons. The lowest BCUT2D eigenvalue weighted by Gasteiger charge is -2.57.